The molecule has 1 aromatic rings. The van der Waals surface area contributed by atoms with Crippen molar-refractivity contribution in [1.29, 1.82) is 0 Å². The number of rotatable bonds is 9. The first-order valence-electron chi connectivity index (χ1n) is 8.71. The smallest absolute Gasteiger partial charge is 0.303 e. The van der Waals surface area contributed by atoms with Crippen LogP contribution in [-0.2, 0) is 16.0 Å². The van der Waals surface area contributed by atoms with Crippen LogP contribution in [0.2, 0.25) is 0 Å². The molecule has 7 nitrogen and oxygen atoms in total. The number of benzene rings is 1. The Labute approximate surface area is 152 Å². The Bertz CT molecular complexity index is 691. The van der Waals surface area contributed by atoms with E-state index in [1.54, 1.807) is 30.3 Å². The highest BCUT2D eigenvalue weighted by atomic mass is 16.5. The van der Waals surface area contributed by atoms with Crippen LogP contribution in [0.25, 0.3) is 0 Å². The fourth-order valence-electron chi connectivity index (χ4n) is 2.54. The summed E-state index contributed by atoms with van der Waals surface area (Å²) in [6, 6.07) is 7.03. The van der Waals surface area contributed by atoms with Gasteiger partial charge in [0.25, 0.3) is 5.91 Å². The Morgan fingerprint density at radius 2 is 1.92 bits per heavy atom. The third-order valence-corrected chi connectivity index (χ3v) is 4.23. The second kappa shape index (κ2) is 9.60. The van der Waals surface area contributed by atoms with Crippen LogP contribution in [0.4, 0.5) is 0 Å². The summed E-state index contributed by atoms with van der Waals surface area (Å²) in [5.41, 5.74) is 13.2. The Hall–Kier alpha value is -2.83. The highest BCUT2D eigenvalue weighted by molar-refractivity contribution is 6.00. The molecule has 0 heterocycles. The Balaban J connectivity index is 1.81. The van der Waals surface area contributed by atoms with Crippen molar-refractivity contribution in [1.82, 2.24) is 0 Å². The van der Waals surface area contributed by atoms with Crippen molar-refractivity contribution in [3.05, 3.63) is 41.6 Å². The average molecular weight is 359 g/mol. The zero-order chi connectivity index (χ0) is 18.9. The number of hydrogen-bond donors (Lipinski definition) is 3. The number of ether oxygens (including phenoxy) is 1. The van der Waals surface area contributed by atoms with Gasteiger partial charge in [0.2, 0.25) is 0 Å². The molecule has 0 unspecified atom stereocenters. The van der Waals surface area contributed by atoms with Crippen LogP contribution in [0, 0.1) is 5.92 Å². The van der Waals surface area contributed by atoms with E-state index in [1.165, 1.54) is 6.42 Å². The maximum absolute atomic E-state index is 12.0. The lowest BCUT2D eigenvalue weighted by Crippen LogP contribution is -2.22. The van der Waals surface area contributed by atoms with Gasteiger partial charge in [-0.25, -0.2) is 0 Å². The fourth-order valence-corrected chi connectivity index (χ4v) is 2.54. The second-order valence-corrected chi connectivity index (χ2v) is 6.37. The minimum Gasteiger partial charge on any atom is -0.494 e. The molecule has 1 aromatic carbocycles. The molecular formula is C19H25N3O4. The summed E-state index contributed by atoms with van der Waals surface area (Å²) in [5.74, 6) is -0.0488. The minimum absolute atomic E-state index is 0.0751. The normalized spacial score (nSPS) is 15.4. The third kappa shape index (κ3) is 6.58. The van der Waals surface area contributed by atoms with Crippen molar-refractivity contribution < 1.29 is 19.4 Å². The number of allylic oxidation sites excluding steroid dienone is 1. The molecule has 0 aliphatic heterocycles. The van der Waals surface area contributed by atoms with Gasteiger partial charge in [0.1, 0.15) is 11.6 Å². The van der Waals surface area contributed by atoms with E-state index >= 15 is 0 Å². The van der Waals surface area contributed by atoms with Crippen molar-refractivity contribution in [2.45, 2.75) is 38.5 Å². The number of carbonyl (C=O) groups is 2. The van der Waals surface area contributed by atoms with Crippen LogP contribution in [0.15, 0.2) is 41.0 Å². The summed E-state index contributed by atoms with van der Waals surface area (Å²) >= 11 is 0. The largest absolute Gasteiger partial charge is 0.494 e. The molecule has 0 radical (unpaired) electrons. The Morgan fingerprint density at radius 3 is 2.50 bits per heavy atom. The molecule has 1 fully saturated rings. The molecule has 0 aromatic heterocycles. The first kappa shape index (κ1) is 19.5. The van der Waals surface area contributed by atoms with Gasteiger partial charge in [0.15, 0.2) is 0 Å². The van der Waals surface area contributed by atoms with Crippen molar-refractivity contribution in [3.63, 3.8) is 0 Å². The number of carbonyl (C=O) groups excluding carboxylic acids is 1. The van der Waals surface area contributed by atoms with E-state index in [4.69, 9.17) is 21.3 Å². The van der Waals surface area contributed by atoms with E-state index in [-0.39, 0.29) is 24.6 Å². The maximum atomic E-state index is 12.0. The van der Waals surface area contributed by atoms with E-state index in [9.17, 15) is 9.59 Å². The number of amides is 1. The van der Waals surface area contributed by atoms with Gasteiger partial charge in [-0.15, -0.1) is 0 Å². The lowest BCUT2D eigenvalue weighted by molar-refractivity contribution is -0.137. The SMILES string of the molecule is NC(/C=C(\N)C1CCC1)=NC(=O)Cc1ccc(OCCCC(=O)O)cc1. The number of carboxylic acids is 1. The lowest BCUT2D eigenvalue weighted by atomic mass is 9.83. The zero-order valence-corrected chi connectivity index (χ0v) is 14.7. The van der Waals surface area contributed by atoms with Gasteiger partial charge in [0, 0.05) is 12.1 Å². The maximum Gasteiger partial charge on any atom is 0.303 e. The molecular weight excluding hydrogens is 334 g/mol. The molecule has 140 valence electrons. The third-order valence-electron chi connectivity index (χ3n) is 4.23. The van der Waals surface area contributed by atoms with Crippen molar-refractivity contribution in [3.8, 4) is 5.75 Å². The summed E-state index contributed by atoms with van der Waals surface area (Å²) in [7, 11) is 0. The summed E-state index contributed by atoms with van der Waals surface area (Å²) in [6.07, 6.45) is 5.54. The van der Waals surface area contributed by atoms with Crippen molar-refractivity contribution >= 4 is 17.7 Å². The quantitative estimate of drug-likeness (QED) is 0.351. The standard InChI is InChI=1S/C19H25N3O4/c20-16(14-3-1-4-14)12-17(21)22-18(23)11-13-6-8-15(9-7-13)26-10-2-5-19(24)25/h6-9,12,14H,1-5,10-11,20H2,(H,24,25)(H2,21,22,23)/b16-12-. The lowest BCUT2D eigenvalue weighted by Gasteiger charge is -2.25. The molecule has 0 saturated heterocycles. The number of aliphatic carboxylic acids is 1. The number of amidine groups is 1. The van der Waals surface area contributed by atoms with Crippen LogP contribution in [0.1, 0.15) is 37.7 Å². The molecule has 0 spiro atoms. The van der Waals surface area contributed by atoms with Gasteiger partial charge in [-0.3, -0.25) is 9.59 Å². The molecule has 26 heavy (non-hydrogen) atoms. The summed E-state index contributed by atoms with van der Waals surface area (Å²) < 4.78 is 5.45. The van der Waals surface area contributed by atoms with Gasteiger partial charge in [-0.2, -0.15) is 4.99 Å². The molecule has 1 amide bonds. The van der Waals surface area contributed by atoms with E-state index in [2.05, 4.69) is 4.99 Å². The number of carboxylic acid groups (broad SMARTS) is 1. The molecule has 5 N–H and O–H groups in total. The molecule has 0 bridgehead atoms. The highest BCUT2D eigenvalue weighted by Gasteiger charge is 2.19. The molecule has 7 heteroatoms. The average Bonchev–Trinajstić information content (AvgIpc) is 2.50. The first-order valence-corrected chi connectivity index (χ1v) is 8.71. The fraction of sp³-hybridized carbons (Fsp3) is 0.421. The number of aliphatic imine (C=N–C) groups is 1. The highest BCUT2D eigenvalue weighted by Crippen LogP contribution is 2.30. The van der Waals surface area contributed by atoms with E-state index in [0.29, 0.717) is 30.4 Å². The molecule has 1 aliphatic carbocycles. The van der Waals surface area contributed by atoms with Crippen LogP contribution in [0.5, 0.6) is 5.75 Å². The molecule has 1 aliphatic rings. The van der Waals surface area contributed by atoms with Crippen LogP contribution < -0.4 is 16.2 Å². The summed E-state index contributed by atoms with van der Waals surface area (Å²) in [6.45, 7) is 0.333. The van der Waals surface area contributed by atoms with E-state index in [1.807, 2.05) is 0 Å². The zero-order valence-electron chi connectivity index (χ0n) is 14.7. The van der Waals surface area contributed by atoms with Gasteiger partial charge in [0.05, 0.1) is 13.0 Å². The predicted molar refractivity (Wildman–Crippen MR) is 98.8 cm³/mol. The van der Waals surface area contributed by atoms with Gasteiger partial charge >= 0.3 is 5.97 Å². The monoisotopic (exact) mass is 359 g/mol. The van der Waals surface area contributed by atoms with Crippen molar-refractivity contribution in [2.75, 3.05) is 6.61 Å². The van der Waals surface area contributed by atoms with Crippen LogP contribution in [0.3, 0.4) is 0 Å². The van der Waals surface area contributed by atoms with Gasteiger partial charge in [-0.1, -0.05) is 18.6 Å². The number of nitrogens with two attached hydrogens (primary N) is 2. The number of hydrogen-bond acceptors (Lipinski definition) is 4. The summed E-state index contributed by atoms with van der Waals surface area (Å²) in [4.78, 5) is 26.3. The predicted octanol–water partition coefficient (Wildman–Crippen LogP) is 2.00. The van der Waals surface area contributed by atoms with E-state index in [0.717, 1.165) is 18.4 Å². The molecule has 2 rings (SSSR count). The first-order chi connectivity index (χ1) is 12.4. The van der Waals surface area contributed by atoms with Crippen LogP contribution in [-0.4, -0.2) is 29.4 Å². The van der Waals surface area contributed by atoms with Gasteiger partial charge in [-0.05, 0) is 49.0 Å². The topological polar surface area (TPSA) is 128 Å². The van der Waals surface area contributed by atoms with E-state index < -0.39 is 5.97 Å². The van der Waals surface area contributed by atoms with Crippen LogP contribution >= 0.6 is 0 Å². The number of nitrogens with zero attached hydrogens (tertiary/aromatic N) is 1. The summed E-state index contributed by atoms with van der Waals surface area (Å²) in [5, 5.41) is 8.57. The molecule has 0 atom stereocenters. The Kier molecular flexibility index (Phi) is 7.20. The second-order valence-electron chi connectivity index (χ2n) is 6.37. The van der Waals surface area contributed by atoms with Crippen molar-refractivity contribution in [2.24, 2.45) is 22.4 Å². The Morgan fingerprint density at radius 1 is 1.23 bits per heavy atom. The molecule has 1 saturated carbocycles. The van der Waals surface area contributed by atoms with Gasteiger partial charge < -0.3 is 21.3 Å². The minimum atomic E-state index is -0.841.